The van der Waals surface area contributed by atoms with Gasteiger partial charge >= 0.3 is 0 Å². The third-order valence-electron chi connectivity index (χ3n) is 4.66. The molecular formula is C17H40O5SSi2. The van der Waals surface area contributed by atoms with Crippen LogP contribution in [0.25, 0.3) is 0 Å². The van der Waals surface area contributed by atoms with Crippen LogP contribution in [0.1, 0.15) is 41.5 Å². The molecule has 0 aromatic rings. The zero-order valence-corrected chi connectivity index (χ0v) is 21.1. The predicted molar refractivity (Wildman–Crippen MR) is 111 cm³/mol. The second-order valence-electron chi connectivity index (χ2n) is 9.79. The SMILES string of the molecule is C[SiH](C)OC(C(CO[Si](C)(C)C(C)(C)C)COS(C)(=O)=O)C(C)(C)C. The highest BCUT2D eigenvalue weighted by atomic mass is 32.2. The number of hydrogen-bond donors (Lipinski definition) is 0. The molecule has 0 fully saturated rings. The van der Waals surface area contributed by atoms with E-state index in [1.54, 1.807) is 0 Å². The van der Waals surface area contributed by atoms with E-state index >= 15 is 0 Å². The van der Waals surface area contributed by atoms with Gasteiger partial charge in [0.15, 0.2) is 17.4 Å². The van der Waals surface area contributed by atoms with Crippen LogP contribution in [-0.4, -0.2) is 51.3 Å². The highest BCUT2D eigenvalue weighted by Gasteiger charge is 2.40. The average Bonchev–Trinajstić information content (AvgIpc) is 2.32. The van der Waals surface area contributed by atoms with Gasteiger partial charge in [-0.2, -0.15) is 8.42 Å². The van der Waals surface area contributed by atoms with Crippen LogP contribution in [0.4, 0.5) is 0 Å². The maximum absolute atomic E-state index is 11.5. The van der Waals surface area contributed by atoms with Crippen molar-refractivity contribution >= 4 is 27.5 Å². The molecule has 152 valence electrons. The summed E-state index contributed by atoms with van der Waals surface area (Å²) >= 11 is 0. The van der Waals surface area contributed by atoms with Gasteiger partial charge < -0.3 is 8.85 Å². The second kappa shape index (κ2) is 8.97. The maximum Gasteiger partial charge on any atom is 0.264 e. The van der Waals surface area contributed by atoms with Crippen LogP contribution in [0.2, 0.25) is 31.2 Å². The van der Waals surface area contributed by atoms with Crippen molar-refractivity contribution in [2.45, 2.75) is 78.9 Å². The first-order valence-electron chi connectivity index (χ1n) is 9.00. The van der Waals surface area contributed by atoms with Crippen LogP contribution >= 0.6 is 0 Å². The molecule has 0 saturated heterocycles. The quantitative estimate of drug-likeness (QED) is 0.423. The van der Waals surface area contributed by atoms with Crippen LogP contribution in [0.3, 0.4) is 0 Å². The van der Waals surface area contributed by atoms with E-state index in [9.17, 15) is 8.42 Å². The molecule has 0 spiro atoms. The van der Waals surface area contributed by atoms with Crippen molar-refractivity contribution in [3.05, 3.63) is 0 Å². The van der Waals surface area contributed by atoms with Crippen LogP contribution in [0, 0.1) is 11.3 Å². The normalized spacial score (nSPS) is 17.0. The summed E-state index contributed by atoms with van der Waals surface area (Å²) in [5, 5.41) is 0.0973. The van der Waals surface area contributed by atoms with E-state index in [-0.39, 0.29) is 29.1 Å². The first-order chi connectivity index (χ1) is 10.9. The average molecular weight is 413 g/mol. The number of hydrogen-bond acceptors (Lipinski definition) is 5. The molecule has 2 atom stereocenters. The highest BCUT2D eigenvalue weighted by molar-refractivity contribution is 7.85. The molecule has 0 aliphatic carbocycles. The summed E-state index contributed by atoms with van der Waals surface area (Å²) in [6.45, 7) is 22.1. The van der Waals surface area contributed by atoms with Crippen molar-refractivity contribution in [2.75, 3.05) is 19.5 Å². The monoisotopic (exact) mass is 412 g/mol. The lowest BCUT2D eigenvalue weighted by Gasteiger charge is -2.41. The third kappa shape index (κ3) is 9.67. The van der Waals surface area contributed by atoms with Crippen LogP contribution in [-0.2, 0) is 23.2 Å². The molecular weight excluding hydrogens is 372 g/mol. The van der Waals surface area contributed by atoms with Crippen LogP contribution < -0.4 is 0 Å². The first-order valence-corrected chi connectivity index (χ1v) is 16.5. The molecule has 0 N–H and O–H groups in total. The Morgan fingerprint density at radius 3 is 1.80 bits per heavy atom. The summed E-state index contributed by atoms with van der Waals surface area (Å²) in [5.41, 5.74) is -0.125. The van der Waals surface area contributed by atoms with Gasteiger partial charge in [-0.3, -0.25) is 4.18 Å². The van der Waals surface area contributed by atoms with Gasteiger partial charge in [0, 0.05) is 12.5 Å². The smallest absolute Gasteiger partial charge is 0.264 e. The Hall–Kier alpha value is 0.264. The van der Waals surface area contributed by atoms with Crippen molar-refractivity contribution in [3.63, 3.8) is 0 Å². The van der Waals surface area contributed by atoms with Gasteiger partial charge in [-0.25, -0.2) is 0 Å². The van der Waals surface area contributed by atoms with E-state index in [1.807, 2.05) is 0 Å². The van der Waals surface area contributed by atoms with Gasteiger partial charge in [-0.15, -0.1) is 0 Å². The Labute approximate surface area is 158 Å². The predicted octanol–water partition coefficient (Wildman–Crippen LogP) is 4.02. The molecule has 25 heavy (non-hydrogen) atoms. The van der Waals surface area contributed by atoms with E-state index in [4.69, 9.17) is 13.0 Å². The van der Waals surface area contributed by atoms with Gasteiger partial charge in [-0.05, 0) is 36.6 Å². The van der Waals surface area contributed by atoms with Gasteiger partial charge in [-0.1, -0.05) is 41.5 Å². The van der Waals surface area contributed by atoms with Gasteiger partial charge in [0.05, 0.1) is 19.0 Å². The zero-order chi connectivity index (χ0) is 20.3. The Balaban J connectivity index is 5.45. The molecule has 0 aromatic heterocycles. The topological polar surface area (TPSA) is 61.8 Å². The minimum absolute atomic E-state index is 0.0938. The Morgan fingerprint density at radius 2 is 1.48 bits per heavy atom. The summed E-state index contributed by atoms with van der Waals surface area (Å²) in [6, 6.07) is 0. The maximum atomic E-state index is 11.5. The van der Waals surface area contributed by atoms with Crippen LogP contribution in [0.15, 0.2) is 0 Å². The zero-order valence-electron chi connectivity index (χ0n) is 18.1. The molecule has 5 nitrogen and oxygen atoms in total. The second-order valence-corrected chi connectivity index (χ2v) is 18.6. The van der Waals surface area contributed by atoms with Crippen molar-refractivity contribution in [1.82, 2.24) is 0 Å². The lowest BCUT2D eigenvalue weighted by molar-refractivity contribution is -0.00721. The fraction of sp³-hybridized carbons (Fsp3) is 1.00. The lowest BCUT2D eigenvalue weighted by atomic mass is 9.82. The van der Waals surface area contributed by atoms with Gasteiger partial charge in [0.25, 0.3) is 10.1 Å². The summed E-state index contributed by atoms with van der Waals surface area (Å²) in [6.07, 6.45) is 0.980. The van der Waals surface area contributed by atoms with Crippen molar-refractivity contribution in [2.24, 2.45) is 11.3 Å². The molecule has 0 heterocycles. The molecule has 0 aliphatic heterocycles. The molecule has 0 saturated carbocycles. The van der Waals surface area contributed by atoms with E-state index in [0.717, 1.165) is 6.26 Å². The third-order valence-corrected chi connectivity index (χ3v) is 10.6. The van der Waals surface area contributed by atoms with E-state index in [0.29, 0.717) is 6.61 Å². The van der Waals surface area contributed by atoms with E-state index in [1.165, 1.54) is 0 Å². The molecule has 0 radical (unpaired) electrons. The molecule has 0 aliphatic rings. The molecule has 8 heteroatoms. The van der Waals surface area contributed by atoms with E-state index in [2.05, 4.69) is 67.7 Å². The standard InChI is InChI=1S/C17H40O5SSi2/c1-16(2,3)15(22-24(8)9)14(12-20-23(7,18)19)13-21-25(10,11)17(4,5)6/h14-15,24H,12-13H2,1-11H3. The summed E-state index contributed by atoms with van der Waals surface area (Å²) < 4.78 is 40.8. The summed E-state index contributed by atoms with van der Waals surface area (Å²) in [7, 11) is -6.74. The van der Waals surface area contributed by atoms with Gasteiger partial charge in [0.1, 0.15) is 0 Å². The summed E-state index contributed by atoms with van der Waals surface area (Å²) in [5.74, 6) is -0.126. The molecule has 0 rings (SSSR count). The Kier molecular flexibility index (Phi) is 9.06. The van der Waals surface area contributed by atoms with Gasteiger partial charge in [0.2, 0.25) is 0 Å². The molecule has 0 aromatic carbocycles. The lowest BCUT2D eigenvalue weighted by Crippen LogP contribution is -2.47. The highest BCUT2D eigenvalue weighted by Crippen LogP contribution is 2.38. The number of rotatable bonds is 9. The fourth-order valence-electron chi connectivity index (χ4n) is 2.28. The summed E-state index contributed by atoms with van der Waals surface area (Å²) in [4.78, 5) is 0. The van der Waals surface area contributed by atoms with Crippen molar-refractivity contribution in [1.29, 1.82) is 0 Å². The van der Waals surface area contributed by atoms with Crippen molar-refractivity contribution in [3.8, 4) is 0 Å². The minimum Gasteiger partial charge on any atom is -0.417 e. The largest absolute Gasteiger partial charge is 0.417 e. The van der Waals surface area contributed by atoms with E-state index < -0.39 is 27.5 Å². The Bertz CT molecular complexity index is 504. The van der Waals surface area contributed by atoms with Crippen LogP contribution in [0.5, 0.6) is 0 Å². The first kappa shape index (κ1) is 25.3. The molecule has 2 unspecified atom stereocenters. The molecule has 0 bridgehead atoms. The Morgan fingerprint density at radius 1 is 1.00 bits per heavy atom. The van der Waals surface area contributed by atoms with Crippen molar-refractivity contribution < 1.29 is 21.5 Å². The minimum atomic E-state index is -3.50. The molecule has 0 amide bonds. The fourth-order valence-corrected chi connectivity index (χ4v) is 4.98.